The van der Waals surface area contributed by atoms with Crippen LogP contribution in [-0.2, 0) is 0 Å². The number of likely N-dealkylation sites (tertiary alicyclic amines) is 1. The number of hydrogen-bond acceptors (Lipinski definition) is 1. The topological polar surface area (TPSA) is 19.0 Å². The van der Waals surface area contributed by atoms with Crippen molar-refractivity contribution < 1.29 is 4.39 Å². The molecule has 15 heavy (non-hydrogen) atoms. The molecule has 1 aliphatic rings. The van der Waals surface area contributed by atoms with Gasteiger partial charge in [0.2, 0.25) is 0 Å². The first-order valence-corrected chi connectivity index (χ1v) is 5.20. The van der Waals surface area contributed by atoms with Crippen molar-refractivity contribution in [2.45, 2.75) is 5.92 Å². The average Bonchev–Trinajstić information content (AvgIpc) is 2.58. The maximum Gasteiger partial charge on any atom is 0.147 e. The molecule has 3 heteroatoms. The number of para-hydroxylation sites is 1. The van der Waals surface area contributed by atoms with Crippen LogP contribution in [0.3, 0.4) is 0 Å². The van der Waals surface area contributed by atoms with Gasteiger partial charge in [-0.15, -0.1) is 0 Å². The summed E-state index contributed by atoms with van der Waals surface area (Å²) in [5.41, 5.74) is 1.89. The minimum Gasteiger partial charge on any atom is -0.359 e. The van der Waals surface area contributed by atoms with Crippen LogP contribution in [0.2, 0.25) is 0 Å². The lowest BCUT2D eigenvalue weighted by atomic mass is 9.92. The minimum absolute atomic E-state index is 0.161. The molecular weight excluding hydrogens is 191 g/mol. The first-order chi connectivity index (χ1) is 7.25. The van der Waals surface area contributed by atoms with E-state index in [2.05, 4.69) is 16.9 Å². The van der Waals surface area contributed by atoms with E-state index in [4.69, 9.17) is 0 Å². The summed E-state index contributed by atoms with van der Waals surface area (Å²) in [6, 6.07) is 5.26. The lowest BCUT2D eigenvalue weighted by Crippen LogP contribution is -2.41. The van der Waals surface area contributed by atoms with Crippen LogP contribution in [-0.4, -0.2) is 30.0 Å². The van der Waals surface area contributed by atoms with Crippen LogP contribution in [0, 0.1) is 5.82 Å². The molecule has 2 heterocycles. The largest absolute Gasteiger partial charge is 0.359 e. The van der Waals surface area contributed by atoms with Gasteiger partial charge in [0.25, 0.3) is 0 Å². The van der Waals surface area contributed by atoms with Gasteiger partial charge in [0.15, 0.2) is 0 Å². The number of halogens is 1. The van der Waals surface area contributed by atoms with Crippen LogP contribution in [0.25, 0.3) is 10.9 Å². The Morgan fingerprint density at radius 1 is 1.40 bits per heavy atom. The average molecular weight is 204 g/mol. The number of nitrogens with one attached hydrogen (secondary N) is 1. The van der Waals surface area contributed by atoms with Crippen molar-refractivity contribution in [3.63, 3.8) is 0 Å². The van der Waals surface area contributed by atoms with Crippen molar-refractivity contribution in [1.29, 1.82) is 0 Å². The van der Waals surface area contributed by atoms with E-state index in [9.17, 15) is 4.39 Å². The van der Waals surface area contributed by atoms with Gasteiger partial charge in [-0.25, -0.2) is 4.39 Å². The van der Waals surface area contributed by atoms with E-state index in [-0.39, 0.29) is 5.82 Å². The molecule has 0 saturated carbocycles. The number of H-pyrrole nitrogens is 1. The molecule has 1 aliphatic heterocycles. The highest BCUT2D eigenvalue weighted by Gasteiger charge is 2.27. The number of nitrogens with zero attached hydrogens (tertiary/aromatic N) is 1. The minimum atomic E-state index is -0.161. The van der Waals surface area contributed by atoms with Crippen molar-refractivity contribution in [2.24, 2.45) is 0 Å². The quantitative estimate of drug-likeness (QED) is 0.755. The lowest BCUT2D eigenvalue weighted by Gasteiger charge is -2.36. The van der Waals surface area contributed by atoms with Gasteiger partial charge in [0.05, 0.1) is 5.52 Å². The van der Waals surface area contributed by atoms with Gasteiger partial charge in [0.1, 0.15) is 5.82 Å². The van der Waals surface area contributed by atoms with Gasteiger partial charge < -0.3 is 9.88 Å². The Morgan fingerprint density at radius 2 is 2.20 bits per heavy atom. The summed E-state index contributed by atoms with van der Waals surface area (Å²) in [6.07, 6.45) is 1.95. The van der Waals surface area contributed by atoms with E-state index in [1.165, 1.54) is 11.6 Å². The van der Waals surface area contributed by atoms with Crippen molar-refractivity contribution in [3.05, 3.63) is 35.8 Å². The smallest absolute Gasteiger partial charge is 0.147 e. The van der Waals surface area contributed by atoms with Gasteiger partial charge in [-0.3, -0.25) is 0 Å². The van der Waals surface area contributed by atoms with Crippen LogP contribution in [0.1, 0.15) is 11.5 Å². The fourth-order valence-electron chi connectivity index (χ4n) is 2.37. The lowest BCUT2D eigenvalue weighted by molar-refractivity contribution is 0.190. The van der Waals surface area contributed by atoms with Crippen LogP contribution in [0.5, 0.6) is 0 Å². The van der Waals surface area contributed by atoms with Crippen molar-refractivity contribution in [3.8, 4) is 0 Å². The zero-order chi connectivity index (χ0) is 10.4. The Morgan fingerprint density at radius 3 is 2.93 bits per heavy atom. The summed E-state index contributed by atoms with van der Waals surface area (Å²) < 4.78 is 13.4. The third kappa shape index (κ3) is 1.27. The number of aromatic amines is 1. The van der Waals surface area contributed by atoms with E-state index in [1.54, 1.807) is 6.07 Å². The molecule has 3 rings (SSSR count). The van der Waals surface area contributed by atoms with Crippen LogP contribution in [0.15, 0.2) is 24.4 Å². The predicted molar refractivity (Wildman–Crippen MR) is 58.5 cm³/mol. The first kappa shape index (κ1) is 8.92. The second-order valence-corrected chi connectivity index (χ2v) is 4.32. The number of benzene rings is 1. The summed E-state index contributed by atoms with van der Waals surface area (Å²) in [7, 11) is 2.10. The van der Waals surface area contributed by atoms with Crippen molar-refractivity contribution in [2.75, 3.05) is 20.1 Å². The highest BCUT2D eigenvalue weighted by Crippen LogP contribution is 2.32. The monoisotopic (exact) mass is 204 g/mol. The molecule has 0 atom stereocenters. The second kappa shape index (κ2) is 3.07. The predicted octanol–water partition coefficient (Wildman–Crippen LogP) is 2.34. The van der Waals surface area contributed by atoms with Gasteiger partial charge in [-0.2, -0.15) is 0 Å². The van der Waals surface area contributed by atoms with Crippen LogP contribution in [0.4, 0.5) is 4.39 Å². The Hall–Kier alpha value is -1.35. The molecule has 78 valence electrons. The van der Waals surface area contributed by atoms with E-state index in [1.807, 2.05) is 12.3 Å². The first-order valence-electron chi connectivity index (χ1n) is 5.20. The zero-order valence-corrected chi connectivity index (χ0v) is 8.63. The highest BCUT2D eigenvalue weighted by atomic mass is 19.1. The van der Waals surface area contributed by atoms with Gasteiger partial charge in [-0.1, -0.05) is 12.1 Å². The molecule has 1 aromatic heterocycles. The summed E-state index contributed by atoms with van der Waals surface area (Å²) in [6.45, 7) is 2.15. The molecule has 2 nitrogen and oxygen atoms in total. The molecule has 1 fully saturated rings. The van der Waals surface area contributed by atoms with Gasteiger partial charge >= 0.3 is 0 Å². The second-order valence-electron chi connectivity index (χ2n) is 4.32. The maximum atomic E-state index is 13.4. The summed E-state index contributed by atoms with van der Waals surface area (Å²) in [4.78, 5) is 5.29. The SMILES string of the molecule is CN1CC(c2c[nH]c3c(F)cccc23)C1. The Kier molecular flexibility index (Phi) is 1.83. The van der Waals surface area contributed by atoms with Crippen molar-refractivity contribution >= 4 is 10.9 Å². The normalized spacial score (nSPS) is 18.3. The third-order valence-corrected chi connectivity index (χ3v) is 3.20. The molecule has 0 radical (unpaired) electrons. The summed E-state index contributed by atoms with van der Waals surface area (Å²) in [5, 5.41) is 1.04. The molecule has 0 bridgehead atoms. The molecule has 0 spiro atoms. The fraction of sp³-hybridized carbons (Fsp3) is 0.333. The van der Waals surface area contributed by atoms with Crippen LogP contribution >= 0.6 is 0 Å². The van der Waals surface area contributed by atoms with Crippen LogP contribution < -0.4 is 0 Å². The van der Waals surface area contributed by atoms with E-state index >= 15 is 0 Å². The Balaban J connectivity index is 2.09. The summed E-state index contributed by atoms with van der Waals surface area (Å²) >= 11 is 0. The Labute approximate surface area is 87.7 Å². The molecule has 0 aliphatic carbocycles. The van der Waals surface area contributed by atoms with E-state index < -0.39 is 0 Å². The number of rotatable bonds is 1. The van der Waals surface area contributed by atoms with E-state index in [0.29, 0.717) is 11.4 Å². The fourth-order valence-corrected chi connectivity index (χ4v) is 2.37. The zero-order valence-electron chi connectivity index (χ0n) is 8.63. The third-order valence-electron chi connectivity index (χ3n) is 3.20. The van der Waals surface area contributed by atoms with Crippen molar-refractivity contribution in [1.82, 2.24) is 9.88 Å². The standard InChI is InChI=1S/C12H13FN2/c1-15-6-8(7-15)10-5-14-12-9(10)3-2-4-11(12)13/h2-5,8,14H,6-7H2,1H3. The number of likely N-dealkylation sites (N-methyl/N-ethyl adjacent to an activating group) is 1. The molecule has 1 saturated heterocycles. The number of hydrogen-bond donors (Lipinski definition) is 1. The van der Waals surface area contributed by atoms with Gasteiger partial charge in [-0.05, 0) is 18.7 Å². The Bertz CT molecular complexity index is 497. The molecule has 0 unspecified atom stereocenters. The highest BCUT2D eigenvalue weighted by molar-refractivity contribution is 5.84. The molecular formula is C12H13FN2. The molecule has 0 amide bonds. The number of aromatic nitrogens is 1. The summed E-state index contributed by atoms with van der Waals surface area (Å²) in [5.74, 6) is 0.400. The maximum absolute atomic E-state index is 13.4. The number of fused-ring (bicyclic) bond motifs is 1. The van der Waals surface area contributed by atoms with E-state index in [0.717, 1.165) is 18.5 Å². The van der Waals surface area contributed by atoms with Gasteiger partial charge in [0, 0.05) is 30.6 Å². The molecule has 1 N–H and O–H groups in total. The molecule has 2 aromatic rings. The molecule has 1 aromatic carbocycles.